The summed E-state index contributed by atoms with van der Waals surface area (Å²) in [6.45, 7) is 7.80. The van der Waals surface area contributed by atoms with Gasteiger partial charge in [0, 0.05) is 12.1 Å². The van der Waals surface area contributed by atoms with Crippen molar-refractivity contribution in [1.29, 1.82) is 5.41 Å². The molecule has 1 atom stereocenters. The molecule has 1 aromatic rings. The fraction of sp³-hybridized carbons (Fsp3) is 0.333. The second kappa shape index (κ2) is 6.16. The van der Waals surface area contributed by atoms with Gasteiger partial charge in [-0.25, -0.2) is 4.79 Å². The highest BCUT2D eigenvalue weighted by Gasteiger charge is 2.48. The number of hydrogen-bond acceptors (Lipinski definition) is 4. The van der Waals surface area contributed by atoms with Gasteiger partial charge in [-0.2, -0.15) is 0 Å². The summed E-state index contributed by atoms with van der Waals surface area (Å²) in [5, 5.41) is 18.6. The molecule has 2 N–H and O–H groups in total. The molecule has 5 heteroatoms. The molecular formula is C21H24N2O3. The number of allylic oxidation sites excluding steroid dienone is 1. The van der Waals surface area contributed by atoms with E-state index in [0.29, 0.717) is 12.1 Å². The Morgan fingerprint density at radius 3 is 2.54 bits per heavy atom. The Balaban J connectivity index is 2.04. The minimum absolute atomic E-state index is 0.0629. The topological polar surface area (TPSA) is 73.6 Å². The second-order valence-electron chi connectivity index (χ2n) is 7.76. The normalized spacial score (nSPS) is 22.4. The van der Waals surface area contributed by atoms with Crippen LogP contribution in [0.3, 0.4) is 0 Å². The van der Waals surface area contributed by atoms with Gasteiger partial charge < -0.3 is 14.7 Å². The number of aliphatic hydroxyl groups excluding tert-OH is 1. The maximum atomic E-state index is 12.8. The van der Waals surface area contributed by atoms with Gasteiger partial charge in [0.25, 0.3) is 0 Å². The number of carbonyl (C=O) groups excluding carboxylic acids is 1. The first-order valence-corrected chi connectivity index (χ1v) is 8.60. The number of fused-ring (bicyclic) bond motifs is 1. The van der Waals surface area contributed by atoms with Crippen LogP contribution in [-0.4, -0.2) is 33.0 Å². The van der Waals surface area contributed by atoms with Gasteiger partial charge in [-0.15, -0.1) is 0 Å². The van der Waals surface area contributed by atoms with Gasteiger partial charge in [-0.3, -0.25) is 5.41 Å². The third-order valence-corrected chi connectivity index (χ3v) is 4.54. The van der Waals surface area contributed by atoms with Crippen molar-refractivity contribution in [3.8, 4) is 0 Å². The maximum Gasteiger partial charge on any atom is 0.342 e. The summed E-state index contributed by atoms with van der Waals surface area (Å²) in [6.07, 6.45) is 4.98. The van der Waals surface area contributed by atoms with Crippen LogP contribution in [0.5, 0.6) is 0 Å². The van der Waals surface area contributed by atoms with Gasteiger partial charge in [0.05, 0.1) is 5.54 Å². The average Bonchev–Trinajstić information content (AvgIpc) is 2.75. The first-order valence-electron chi connectivity index (χ1n) is 8.60. The van der Waals surface area contributed by atoms with Crippen LogP contribution in [0.4, 0.5) is 0 Å². The first-order chi connectivity index (χ1) is 12.1. The van der Waals surface area contributed by atoms with E-state index in [-0.39, 0.29) is 17.2 Å². The molecule has 0 amide bonds. The highest BCUT2D eigenvalue weighted by molar-refractivity contribution is 6.21. The molecule has 0 unspecified atom stereocenters. The molecule has 0 saturated carbocycles. The summed E-state index contributed by atoms with van der Waals surface area (Å²) >= 11 is 0. The Morgan fingerprint density at radius 2 is 1.92 bits per heavy atom. The number of esters is 1. The number of carbonyl (C=O) groups is 1. The van der Waals surface area contributed by atoms with Crippen molar-refractivity contribution < 1.29 is 14.6 Å². The lowest BCUT2D eigenvalue weighted by Crippen LogP contribution is -2.44. The third-order valence-electron chi connectivity index (χ3n) is 4.54. The van der Waals surface area contributed by atoms with Crippen LogP contribution in [-0.2, 0) is 16.1 Å². The van der Waals surface area contributed by atoms with E-state index in [2.05, 4.69) is 0 Å². The molecule has 0 fully saturated rings. The summed E-state index contributed by atoms with van der Waals surface area (Å²) < 4.78 is 5.52. The number of hydrogen-bond donors (Lipinski definition) is 2. The zero-order valence-corrected chi connectivity index (χ0v) is 15.5. The van der Waals surface area contributed by atoms with Crippen molar-refractivity contribution >= 4 is 11.8 Å². The number of ether oxygens (including phenoxy) is 1. The van der Waals surface area contributed by atoms with Crippen molar-refractivity contribution in [3.05, 3.63) is 71.0 Å². The van der Waals surface area contributed by atoms with Crippen molar-refractivity contribution in [1.82, 2.24) is 4.90 Å². The minimum atomic E-state index is -0.689. The molecule has 1 aliphatic heterocycles. The number of nitrogens with zero attached hydrogens (tertiary/aromatic N) is 1. The van der Waals surface area contributed by atoms with Gasteiger partial charge in [-0.1, -0.05) is 36.4 Å². The standard InChI is InChI=1S/C21H24N2O3/c1-20(2,3)26-19(25)17-16-12-15(24)10-11-21(16,4)23(18(17)22)13-14-8-6-5-7-9-14/h5-12,22,24H,13H2,1-4H3/t21-/m1/s1. The van der Waals surface area contributed by atoms with Gasteiger partial charge >= 0.3 is 5.97 Å². The number of benzene rings is 1. The zero-order valence-electron chi connectivity index (χ0n) is 15.5. The van der Waals surface area contributed by atoms with E-state index >= 15 is 0 Å². The summed E-state index contributed by atoms with van der Waals surface area (Å²) in [6, 6.07) is 9.81. The van der Waals surface area contributed by atoms with Crippen LogP contribution in [0, 0.1) is 5.41 Å². The van der Waals surface area contributed by atoms with Crippen LogP contribution < -0.4 is 0 Å². The highest BCUT2D eigenvalue weighted by atomic mass is 16.6. The van der Waals surface area contributed by atoms with E-state index in [0.717, 1.165) is 5.56 Å². The molecule has 136 valence electrons. The van der Waals surface area contributed by atoms with Gasteiger partial charge in [0.1, 0.15) is 22.8 Å². The predicted octanol–water partition coefficient (Wildman–Crippen LogP) is 3.89. The molecule has 1 aliphatic carbocycles. The van der Waals surface area contributed by atoms with E-state index in [1.54, 1.807) is 32.9 Å². The molecule has 0 aromatic heterocycles. The Hall–Kier alpha value is -2.82. The number of aliphatic hydroxyl groups is 1. The van der Waals surface area contributed by atoms with Crippen molar-refractivity contribution in [2.45, 2.75) is 45.4 Å². The van der Waals surface area contributed by atoms with Crippen molar-refractivity contribution in [3.63, 3.8) is 0 Å². The molecule has 0 saturated heterocycles. The monoisotopic (exact) mass is 352 g/mol. The fourth-order valence-corrected chi connectivity index (χ4v) is 3.28. The number of amidine groups is 1. The van der Waals surface area contributed by atoms with Gasteiger partial charge in [0.15, 0.2) is 0 Å². The van der Waals surface area contributed by atoms with Gasteiger partial charge in [0.2, 0.25) is 0 Å². The van der Waals surface area contributed by atoms with E-state index in [1.165, 1.54) is 0 Å². The van der Waals surface area contributed by atoms with Gasteiger partial charge in [-0.05, 0) is 45.4 Å². The van der Waals surface area contributed by atoms with Crippen molar-refractivity contribution in [2.24, 2.45) is 0 Å². The molecule has 1 aromatic carbocycles. The van der Waals surface area contributed by atoms with E-state index < -0.39 is 17.1 Å². The number of rotatable bonds is 3. The lowest BCUT2D eigenvalue weighted by atomic mass is 9.86. The quantitative estimate of drug-likeness (QED) is 0.810. The SMILES string of the molecule is CC(C)(C)OC(=O)C1=C2C=C(O)C=C[C@@]2(C)N(Cc2ccccc2)C1=N. The Kier molecular flexibility index (Phi) is 4.26. The number of nitrogens with one attached hydrogen (secondary N) is 1. The summed E-state index contributed by atoms with van der Waals surface area (Å²) in [5.41, 5.74) is 0.480. The molecule has 0 radical (unpaired) electrons. The van der Waals surface area contributed by atoms with E-state index in [9.17, 15) is 9.90 Å². The Bertz CT molecular complexity index is 844. The molecular weight excluding hydrogens is 328 g/mol. The van der Waals surface area contributed by atoms with Crippen LogP contribution in [0.15, 0.2) is 65.5 Å². The average molecular weight is 352 g/mol. The molecule has 0 bridgehead atoms. The first kappa shape index (κ1) is 18.0. The Morgan fingerprint density at radius 1 is 1.27 bits per heavy atom. The van der Waals surface area contributed by atoms with Crippen molar-refractivity contribution in [2.75, 3.05) is 0 Å². The lowest BCUT2D eigenvalue weighted by Gasteiger charge is -2.37. The zero-order chi connectivity index (χ0) is 19.1. The van der Waals surface area contributed by atoms with Crippen LogP contribution >= 0.6 is 0 Å². The summed E-state index contributed by atoms with van der Waals surface area (Å²) in [7, 11) is 0. The predicted molar refractivity (Wildman–Crippen MR) is 101 cm³/mol. The molecule has 0 spiro atoms. The maximum absolute atomic E-state index is 12.8. The molecule has 3 rings (SSSR count). The van der Waals surface area contributed by atoms with Crippen LogP contribution in [0.1, 0.15) is 33.3 Å². The molecule has 2 aliphatic rings. The summed E-state index contributed by atoms with van der Waals surface area (Å²) in [5.74, 6) is -0.372. The third kappa shape index (κ3) is 3.17. The molecule has 5 nitrogen and oxygen atoms in total. The summed E-state index contributed by atoms with van der Waals surface area (Å²) in [4.78, 5) is 14.6. The van der Waals surface area contributed by atoms with Crippen LogP contribution in [0.25, 0.3) is 0 Å². The Labute approximate surface area is 153 Å². The minimum Gasteiger partial charge on any atom is -0.508 e. The van der Waals surface area contributed by atoms with E-state index in [4.69, 9.17) is 10.1 Å². The second-order valence-corrected chi connectivity index (χ2v) is 7.76. The lowest BCUT2D eigenvalue weighted by molar-refractivity contribution is -0.149. The largest absolute Gasteiger partial charge is 0.508 e. The van der Waals surface area contributed by atoms with E-state index in [1.807, 2.05) is 48.2 Å². The highest BCUT2D eigenvalue weighted by Crippen LogP contribution is 2.42. The fourth-order valence-electron chi connectivity index (χ4n) is 3.28. The molecule has 1 heterocycles. The molecule has 26 heavy (non-hydrogen) atoms. The smallest absolute Gasteiger partial charge is 0.342 e. The van der Waals surface area contributed by atoms with Crippen LogP contribution in [0.2, 0.25) is 0 Å².